The van der Waals surface area contributed by atoms with Crippen LogP contribution >= 0.6 is 0 Å². The molecular formula is C16H14FN3O. The van der Waals surface area contributed by atoms with Gasteiger partial charge in [-0.05, 0) is 48.9 Å². The normalized spacial score (nSPS) is 10.8. The van der Waals surface area contributed by atoms with Crippen molar-refractivity contribution < 1.29 is 8.91 Å². The minimum Gasteiger partial charge on any atom is -0.334 e. The summed E-state index contributed by atoms with van der Waals surface area (Å²) < 4.78 is 18.3. The Bertz CT molecular complexity index is 737. The second-order valence-corrected chi connectivity index (χ2v) is 4.63. The summed E-state index contributed by atoms with van der Waals surface area (Å²) in [5.74, 6) is 0.585. The lowest BCUT2D eigenvalue weighted by molar-refractivity contribution is 0.432. The van der Waals surface area contributed by atoms with E-state index in [4.69, 9.17) is 10.3 Å². The number of benzene rings is 2. The van der Waals surface area contributed by atoms with E-state index in [1.807, 2.05) is 24.3 Å². The lowest BCUT2D eigenvalue weighted by Gasteiger charge is -2.03. The molecule has 0 aliphatic carbocycles. The van der Waals surface area contributed by atoms with Crippen molar-refractivity contribution in [2.24, 2.45) is 5.73 Å². The highest BCUT2D eigenvalue weighted by atomic mass is 19.1. The Morgan fingerprint density at radius 1 is 1.05 bits per heavy atom. The zero-order chi connectivity index (χ0) is 14.7. The molecule has 0 unspecified atom stereocenters. The van der Waals surface area contributed by atoms with Crippen LogP contribution in [0.1, 0.15) is 5.56 Å². The topological polar surface area (TPSA) is 64.9 Å². The van der Waals surface area contributed by atoms with Crippen LogP contribution in [-0.4, -0.2) is 16.7 Å². The van der Waals surface area contributed by atoms with E-state index in [9.17, 15) is 4.39 Å². The molecule has 0 atom stereocenters. The Kier molecular flexibility index (Phi) is 3.75. The molecule has 0 amide bonds. The lowest BCUT2D eigenvalue weighted by atomic mass is 10.0. The highest BCUT2D eigenvalue weighted by Crippen LogP contribution is 2.25. The van der Waals surface area contributed by atoms with E-state index in [1.54, 1.807) is 12.1 Å². The summed E-state index contributed by atoms with van der Waals surface area (Å²) in [6.07, 6.45) is 0.741. The first-order chi connectivity index (χ1) is 10.3. The van der Waals surface area contributed by atoms with Crippen molar-refractivity contribution in [2.75, 3.05) is 6.54 Å². The van der Waals surface area contributed by atoms with Crippen LogP contribution in [0.5, 0.6) is 0 Å². The van der Waals surface area contributed by atoms with Gasteiger partial charge in [-0.2, -0.15) is 4.98 Å². The van der Waals surface area contributed by atoms with Crippen LogP contribution in [0.25, 0.3) is 22.8 Å². The van der Waals surface area contributed by atoms with E-state index in [0.717, 1.165) is 17.5 Å². The number of nitrogens with two attached hydrogens (primary N) is 1. The molecule has 0 fully saturated rings. The Hall–Kier alpha value is -2.53. The van der Waals surface area contributed by atoms with Gasteiger partial charge in [-0.15, -0.1) is 0 Å². The quantitative estimate of drug-likeness (QED) is 0.799. The first-order valence-electron chi connectivity index (χ1n) is 6.66. The van der Waals surface area contributed by atoms with Crippen LogP contribution < -0.4 is 5.73 Å². The zero-order valence-corrected chi connectivity index (χ0v) is 11.3. The van der Waals surface area contributed by atoms with E-state index in [2.05, 4.69) is 10.1 Å². The maximum Gasteiger partial charge on any atom is 0.258 e. The number of halogens is 1. The third kappa shape index (κ3) is 2.83. The SMILES string of the molecule is NCCc1ccccc1-c1nc(-c2ccc(F)cc2)no1. The number of aromatic nitrogens is 2. The Labute approximate surface area is 121 Å². The Balaban J connectivity index is 1.97. The van der Waals surface area contributed by atoms with Gasteiger partial charge in [-0.3, -0.25) is 0 Å². The first kappa shape index (κ1) is 13.5. The molecule has 0 radical (unpaired) electrons. The monoisotopic (exact) mass is 283 g/mol. The summed E-state index contributed by atoms with van der Waals surface area (Å²) in [6.45, 7) is 0.552. The van der Waals surface area contributed by atoms with Gasteiger partial charge in [0.1, 0.15) is 5.82 Å². The van der Waals surface area contributed by atoms with E-state index in [-0.39, 0.29) is 5.82 Å². The molecule has 4 nitrogen and oxygen atoms in total. The van der Waals surface area contributed by atoms with Crippen LogP contribution in [-0.2, 0) is 6.42 Å². The van der Waals surface area contributed by atoms with Gasteiger partial charge in [0.15, 0.2) is 0 Å². The molecule has 1 heterocycles. The molecule has 2 N–H and O–H groups in total. The molecule has 0 saturated heterocycles. The predicted molar refractivity (Wildman–Crippen MR) is 77.9 cm³/mol. The van der Waals surface area contributed by atoms with Crippen molar-refractivity contribution in [3.05, 3.63) is 59.9 Å². The molecule has 3 aromatic rings. The van der Waals surface area contributed by atoms with Crippen LogP contribution in [0.3, 0.4) is 0 Å². The molecule has 0 aliphatic rings. The van der Waals surface area contributed by atoms with E-state index < -0.39 is 0 Å². The molecule has 0 spiro atoms. The van der Waals surface area contributed by atoms with E-state index >= 15 is 0 Å². The maximum absolute atomic E-state index is 12.9. The molecule has 0 saturated carbocycles. The maximum atomic E-state index is 12.9. The number of hydrogen-bond acceptors (Lipinski definition) is 4. The molecule has 21 heavy (non-hydrogen) atoms. The van der Waals surface area contributed by atoms with E-state index in [0.29, 0.717) is 23.8 Å². The van der Waals surface area contributed by atoms with Crippen molar-refractivity contribution in [2.45, 2.75) is 6.42 Å². The fraction of sp³-hybridized carbons (Fsp3) is 0.125. The van der Waals surface area contributed by atoms with Gasteiger partial charge in [-0.25, -0.2) is 4.39 Å². The van der Waals surface area contributed by atoms with Crippen LogP contribution in [0.2, 0.25) is 0 Å². The van der Waals surface area contributed by atoms with Crippen molar-refractivity contribution in [1.82, 2.24) is 10.1 Å². The van der Waals surface area contributed by atoms with Gasteiger partial charge in [-0.1, -0.05) is 23.4 Å². The van der Waals surface area contributed by atoms with Crippen molar-refractivity contribution in [3.63, 3.8) is 0 Å². The van der Waals surface area contributed by atoms with Crippen molar-refractivity contribution in [3.8, 4) is 22.8 Å². The average molecular weight is 283 g/mol. The van der Waals surface area contributed by atoms with Gasteiger partial charge in [0, 0.05) is 11.1 Å². The van der Waals surface area contributed by atoms with Gasteiger partial charge in [0.05, 0.1) is 0 Å². The largest absolute Gasteiger partial charge is 0.334 e. The summed E-state index contributed by atoms with van der Waals surface area (Å²) in [6, 6.07) is 13.8. The van der Waals surface area contributed by atoms with Crippen molar-refractivity contribution in [1.29, 1.82) is 0 Å². The van der Waals surface area contributed by atoms with Gasteiger partial charge >= 0.3 is 0 Å². The summed E-state index contributed by atoms with van der Waals surface area (Å²) in [4.78, 5) is 4.38. The second kappa shape index (κ2) is 5.85. The highest BCUT2D eigenvalue weighted by molar-refractivity contribution is 5.62. The molecule has 2 aromatic carbocycles. The van der Waals surface area contributed by atoms with Gasteiger partial charge in [0.2, 0.25) is 5.82 Å². The third-order valence-electron chi connectivity index (χ3n) is 3.19. The van der Waals surface area contributed by atoms with Gasteiger partial charge < -0.3 is 10.3 Å². The summed E-state index contributed by atoms with van der Waals surface area (Å²) in [7, 11) is 0. The zero-order valence-electron chi connectivity index (χ0n) is 11.3. The number of rotatable bonds is 4. The number of hydrogen-bond donors (Lipinski definition) is 1. The minimum atomic E-state index is -0.296. The fourth-order valence-corrected chi connectivity index (χ4v) is 2.15. The summed E-state index contributed by atoms with van der Waals surface area (Å²) in [5, 5.41) is 3.95. The van der Waals surface area contributed by atoms with Crippen LogP contribution in [0.4, 0.5) is 4.39 Å². The Morgan fingerprint density at radius 3 is 2.57 bits per heavy atom. The average Bonchev–Trinajstić information content (AvgIpc) is 2.99. The lowest BCUT2D eigenvalue weighted by Crippen LogP contribution is -2.03. The first-order valence-corrected chi connectivity index (χ1v) is 6.66. The van der Waals surface area contributed by atoms with Gasteiger partial charge in [0.25, 0.3) is 5.89 Å². The van der Waals surface area contributed by atoms with E-state index in [1.165, 1.54) is 12.1 Å². The third-order valence-corrected chi connectivity index (χ3v) is 3.19. The molecular weight excluding hydrogens is 269 g/mol. The molecule has 3 rings (SSSR count). The van der Waals surface area contributed by atoms with Crippen molar-refractivity contribution >= 4 is 0 Å². The van der Waals surface area contributed by atoms with Crippen LogP contribution in [0.15, 0.2) is 53.1 Å². The smallest absolute Gasteiger partial charge is 0.258 e. The standard InChI is InChI=1S/C16H14FN3O/c17-13-7-5-12(6-8-13)15-19-16(21-20-15)14-4-2-1-3-11(14)9-10-18/h1-8H,9-10,18H2. The second-order valence-electron chi connectivity index (χ2n) is 4.63. The predicted octanol–water partition coefficient (Wildman–Crippen LogP) is 3.04. The molecule has 106 valence electrons. The highest BCUT2D eigenvalue weighted by Gasteiger charge is 2.13. The summed E-state index contributed by atoms with van der Waals surface area (Å²) >= 11 is 0. The molecule has 0 bridgehead atoms. The minimum absolute atomic E-state index is 0.296. The fourth-order valence-electron chi connectivity index (χ4n) is 2.15. The molecule has 0 aliphatic heterocycles. The Morgan fingerprint density at radius 2 is 1.81 bits per heavy atom. The number of nitrogens with zero attached hydrogens (tertiary/aromatic N) is 2. The molecule has 5 heteroatoms. The molecule has 1 aromatic heterocycles. The summed E-state index contributed by atoms with van der Waals surface area (Å²) in [5.41, 5.74) is 8.27. The van der Waals surface area contributed by atoms with Crippen LogP contribution in [0, 0.1) is 5.82 Å².